The Morgan fingerprint density at radius 1 is 1.02 bits per heavy atom. The van der Waals surface area contributed by atoms with E-state index in [-0.39, 0.29) is 29.4 Å². The van der Waals surface area contributed by atoms with Gasteiger partial charge in [-0.2, -0.15) is 0 Å². The van der Waals surface area contributed by atoms with Crippen LogP contribution in [0.1, 0.15) is 29.9 Å². The van der Waals surface area contributed by atoms with Crippen LogP contribution >= 0.6 is 23.8 Å². The zero-order valence-corrected chi connectivity index (χ0v) is 22.9. The molecule has 0 bridgehead atoms. The number of nitrogens with one attached hydrogen (secondary N) is 2. The summed E-state index contributed by atoms with van der Waals surface area (Å²) < 4.78 is 15.9. The molecule has 6 nitrogen and oxygen atoms in total. The summed E-state index contributed by atoms with van der Waals surface area (Å²) in [5.74, 6) is -0.590. The second-order valence-electron chi connectivity index (χ2n) is 9.55. The molecule has 1 aliphatic heterocycles. The highest BCUT2D eigenvalue weighted by atomic mass is 35.5. The number of benzene rings is 3. The summed E-state index contributed by atoms with van der Waals surface area (Å²) in [6.45, 7) is 0.381. The van der Waals surface area contributed by atoms with Crippen LogP contribution in [-0.2, 0) is 4.79 Å². The zero-order chi connectivity index (χ0) is 27.6. The first kappa shape index (κ1) is 26.0. The maximum absolute atomic E-state index is 13.9. The van der Waals surface area contributed by atoms with Gasteiger partial charge in [-0.1, -0.05) is 54.1 Å². The van der Waals surface area contributed by atoms with Crippen molar-refractivity contribution in [1.29, 1.82) is 0 Å². The van der Waals surface area contributed by atoms with Crippen LogP contribution in [0.2, 0.25) is 5.02 Å². The highest BCUT2D eigenvalue weighted by Gasteiger charge is 2.41. The van der Waals surface area contributed by atoms with Crippen molar-refractivity contribution in [3.05, 3.63) is 126 Å². The maximum Gasteiger partial charge on any atom is 0.226 e. The van der Waals surface area contributed by atoms with E-state index in [9.17, 15) is 9.18 Å². The minimum absolute atomic E-state index is 0.0421. The van der Waals surface area contributed by atoms with Crippen molar-refractivity contribution in [2.45, 2.75) is 18.5 Å². The second-order valence-corrected chi connectivity index (χ2v) is 10.3. The van der Waals surface area contributed by atoms with E-state index in [1.54, 1.807) is 18.3 Å². The number of anilines is 1. The Morgan fingerprint density at radius 3 is 2.67 bits per heavy atom. The van der Waals surface area contributed by atoms with E-state index in [0.717, 1.165) is 33.5 Å². The number of hydrogen-bond acceptors (Lipinski definition) is 3. The number of carbonyl (C=O) groups is 1. The fraction of sp³-hybridized carbons (Fsp3) is 0.129. The van der Waals surface area contributed by atoms with Crippen LogP contribution in [0.3, 0.4) is 0 Å². The van der Waals surface area contributed by atoms with Gasteiger partial charge in [0.1, 0.15) is 5.82 Å². The number of thiocarbonyl (C=S) groups is 1. The number of halogens is 2. The number of fused-ring (bicyclic) bond motifs is 1. The van der Waals surface area contributed by atoms with Gasteiger partial charge in [-0.15, -0.1) is 0 Å². The molecule has 200 valence electrons. The summed E-state index contributed by atoms with van der Waals surface area (Å²) in [6.07, 6.45) is 3.87. The molecule has 1 amide bonds. The first-order valence-electron chi connectivity index (χ1n) is 12.9. The Labute approximate surface area is 241 Å². The third kappa shape index (κ3) is 5.03. The molecule has 1 saturated heterocycles. The third-order valence-electron chi connectivity index (χ3n) is 7.11. The lowest BCUT2D eigenvalue weighted by Gasteiger charge is -2.29. The molecule has 0 saturated carbocycles. The molecule has 5 aromatic rings. The quantitative estimate of drug-likeness (QED) is 0.211. The smallest absolute Gasteiger partial charge is 0.226 e. The third-order valence-corrected chi connectivity index (χ3v) is 7.75. The topological polar surface area (TPSA) is 62.2 Å². The van der Waals surface area contributed by atoms with Gasteiger partial charge in [0.25, 0.3) is 0 Å². The molecule has 1 fully saturated rings. The van der Waals surface area contributed by atoms with Gasteiger partial charge in [0.2, 0.25) is 5.91 Å². The largest absolute Gasteiger partial charge is 0.352 e. The summed E-state index contributed by atoms with van der Waals surface area (Å²) >= 11 is 11.9. The predicted octanol–water partition coefficient (Wildman–Crippen LogP) is 6.82. The van der Waals surface area contributed by atoms with Gasteiger partial charge in [0.15, 0.2) is 5.11 Å². The zero-order valence-electron chi connectivity index (χ0n) is 21.3. The summed E-state index contributed by atoms with van der Waals surface area (Å²) in [4.78, 5) is 19.8. The van der Waals surface area contributed by atoms with E-state index < -0.39 is 5.82 Å². The number of nitrogens with zero attached hydrogens (tertiary/aromatic N) is 3. The first-order valence-corrected chi connectivity index (χ1v) is 13.7. The van der Waals surface area contributed by atoms with Crippen molar-refractivity contribution in [2.24, 2.45) is 0 Å². The summed E-state index contributed by atoms with van der Waals surface area (Å²) in [5, 5.41) is 9.11. The molecule has 9 heteroatoms. The molecule has 2 aromatic heterocycles. The Kier molecular flexibility index (Phi) is 7.19. The van der Waals surface area contributed by atoms with Gasteiger partial charge in [0.05, 0.1) is 22.8 Å². The van der Waals surface area contributed by atoms with E-state index in [0.29, 0.717) is 11.7 Å². The molecule has 2 atom stereocenters. The monoisotopic (exact) mass is 569 g/mol. The second kappa shape index (κ2) is 11.1. The van der Waals surface area contributed by atoms with Gasteiger partial charge in [0, 0.05) is 47.8 Å². The molecule has 3 heterocycles. The molecule has 0 spiro atoms. The lowest BCUT2D eigenvalue weighted by Crippen LogP contribution is -2.33. The van der Waals surface area contributed by atoms with Gasteiger partial charge in [-0.25, -0.2) is 4.39 Å². The summed E-state index contributed by atoms with van der Waals surface area (Å²) in [6, 6.07) is 27.6. The molecule has 2 N–H and O–H groups in total. The van der Waals surface area contributed by atoms with Crippen molar-refractivity contribution in [1.82, 2.24) is 19.8 Å². The molecule has 40 heavy (non-hydrogen) atoms. The summed E-state index contributed by atoms with van der Waals surface area (Å²) in [5.41, 5.74) is 3.22. The van der Waals surface area contributed by atoms with Crippen LogP contribution in [0.15, 0.2) is 103 Å². The Balaban J connectivity index is 1.30. The molecule has 6 rings (SSSR count). The van der Waals surface area contributed by atoms with Crippen molar-refractivity contribution in [3.8, 4) is 5.69 Å². The molecule has 0 radical (unpaired) electrons. The molecular weight excluding hydrogens is 545 g/mol. The average Bonchev–Trinajstić information content (AvgIpc) is 3.58. The molecule has 0 unspecified atom stereocenters. The fourth-order valence-electron chi connectivity index (χ4n) is 5.24. The minimum atomic E-state index is -0.479. The van der Waals surface area contributed by atoms with Gasteiger partial charge >= 0.3 is 0 Å². The van der Waals surface area contributed by atoms with Gasteiger partial charge in [-0.3, -0.25) is 9.78 Å². The number of amides is 1. The maximum atomic E-state index is 13.9. The van der Waals surface area contributed by atoms with Gasteiger partial charge in [-0.05, 0) is 66.1 Å². The highest BCUT2D eigenvalue weighted by molar-refractivity contribution is 7.80. The van der Waals surface area contributed by atoms with Crippen LogP contribution in [0.25, 0.3) is 16.5 Å². The van der Waals surface area contributed by atoms with Crippen molar-refractivity contribution in [3.63, 3.8) is 0 Å². The van der Waals surface area contributed by atoms with Crippen LogP contribution < -0.4 is 10.6 Å². The van der Waals surface area contributed by atoms with Crippen molar-refractivity contribution in [2.75, 3.05) is 11.9 Å². The Morgan fingerprint density at radius 2 is 1.85 bits per heavy atom. The van der Waals surface area contributed by atoms with E-state index in [2.05, 4.69) is 15.6 Å². The van der Waals surface area contributed by atoms with Crippen LogP contribution in [0.5, 0.6) is 0 Å². The van der Waals surface area contributed by atoms with Crippen LogP contribution in [0.4, 0.5) is 10.1 Å². The van der Waals surface area contributed by atoms with E-state index in [1.165, 1.54) is 6.07 Å². The standard InChI is InChI=1S/C31H25ClFN5OS/c32-23-19-21(13-14-24(23)33)37-17-6-12-27(37)30-29(26-10-3-4-16-34-26)36-31(40)38(30)18-15-28(39)35-25-11-5-8-20-7-1-2-9-22(20)25/h1-14,16-17,19,29-30H,15,18H2,(H,35,39)(H,36,40)/t29-,30+/m0/s1. The lowest BCUT2D eigenvalue weighted by molar-refractivity contribution is -0.116. The minimum Gasteiger partial charge on any atom is -0.352 e. The fourth-order valence-corrected chi connectivity index (χ4v) is 5.75. The molecule has 0 aliphatic carbocycles. The summed E-state index contributed by atoms with van der Waals surface area (Å²) in [7, 11) is 0. The van der Waals surface area contributed by atoms with Crippen molar-refractivity contribution < 1.29 is 9.18 Å². The number of rotatable bonds is 7. The van der Waals surface area contributed by atoms with E-state index in [4.69, 9.17) is 23.8 Å². The van der Waals surface area contributed by atoms with Crippen LogP contribution in [-0.4, -0.2) is 32.0 Å². The van der Waals surface area contributed by atoms with Gasteiger partial charge < -0.3 is 20.1 Å². The molecular formula is C31H25ClFN5OS. The lowest BCUT2D eigenvalue weighted by atomic mass is 10.0. The number of carbonyl (C=O) groups excluding carboxylic acids is 1. The Hall–Kier alpha value is -4.27. The van der Waals surface area contributed by atoms with Crippen LogP contribution in [0, 0.1) is 5.82 Å². The first-order chi connectivity index (χ1) is 19.5. The highest BCUT2D eigenvalue weighted by Crippen LogP contribution is 2.40. The number of aromatic nitrogens is 2. The van der Waals surface area contributed by atoms with E-state index in [1.807, 2.05) is 88.5 Å². The normalized spacial score (nSPS) is 16.8. The SMILES string of the molecule is O=C(CCN1C(=S)N[C@@H](c2ccccn2)[C@H]1c1cccn1-c1ccc(F)c(Cl)c1)Nc1cccc2ccccc12. The number of hydrogen-bond donors (Lipinski definition) is 2. The molecule has 1 aliphatic rings. The average molecular weight is 570 g/mol. The number of pyridine rings is 1. The predicted molar refractivity (Wildman–Crippen MR) is 160 cm³/mol. The Bertz CT molecular complexity index is 1700. The van der Waals surface area contributed by atoms with Crippen molar-refractivity contribution >= 4 is 51.3 Å². The van der Waals surface area contributed by atoms with E-state index >= 15 is 0 Å². The molecule has 3 aromatic carbocycles.